The molecule has 0 aromatic heterocycles. The van der Waals surface area contributed by atoms with Crippen molar-refractivity contribution in [3.8, 4) is 0 Å². The van der Waals surface area contributed by atoms with Gasteiger partial charge in [0.05, 0.1) is 0 Å². The summed E-state index contributed by atoms with van der Waals surface area (Å²) in [6, 6.07) is 1.63. The Morgan fingerprint density at radius 2 is 1.95 bits per heavy atom. The molecule has 0 amide bonds. The molecular weight excluding hydrogens is 236 g/mol. The van der Waals surface area contributed by atoms with Crippen molar-refractivity contribution < 1.29 is 0 Å². The predicted octanol–water partition coefficient (Wildman–Crippen LogP) is 0.450. The molecule has 110 valence electrons. The summed E-state index contributed by atoms with van der Waals surface area (Å²) in [5.74, 6) is 0. The van der Waals surface area contributed by atoms with E-state index < -0.39 is 0 Å². The molecule has 0 aromatic carbocycles. The van der Waals surface area contributed by atoms with Crippen molar-refractivity contribution in [2.24, 2.45) is 0 Å². The van der Waals surface area contributed by atoms with E-state index in [1.807, 2.05) is 0 Å². The minimum absolute atomic E-state index is 0.753. The van der Waals surface area contributed by atoms with E-state index in [4.69, 9.17) is 0 Å². The number of rotatable bonds is 4. The average Bonchev–Trinajstić information content (AvgIpc) is 2.93. The minimum atomic E-state index is 0.753. The van der Waals surface area contributed by atoms with E-state index in [1.165, 1.54) is 78.2 Å². The van der Waals surface area contributed by atoms with Gasteiger partial charge in [0.2, 0.25) is 0 Å². The summed E-state index contributed by atoms with van der Waals surface area (Å²) in [7, 11) is 0. The summed E-state index contributed by atoms with van der Waals surface area (Å²) in [6.45, 7) is 13.8. The van der Waals surface area contributed by atoms with Crippen LogP contribution in [0, 0.1) is 0 Å². The van der Waals surface area contributed by atoms with Crippen molar-refractivity contribution in [1.82, 2.24) is 20.0 Å². The van der Waals surface area contributed by atoms with E-state index in [0.29, 0.717) is 0 Å². The van der Waals surface area contributed by atoms with Gasteiger partial charge in [0.15, 0.2) is 0 Å². The highest BCUT2D eigenvalue weighted by Gasteiger charge is 2.30. The van der Waals surface area contributed by atoms with E-state index in [1.54, 1.807) is 0 Å². The van der Waals surface area contributed by atoms with E-state index in [2.05, 4.69) is 26.9 Å². The van der Waals surface area contributed by atoms with Gasteiger partial charge in [0, 0.05) is 57.9 Å². The van der Waals surface area contributed by atoms with Crippen molar-refractivity contribution in [1.29, 1.82) is 0 Å². The van der Waals surface area contributed by atoms with E-state index in [0.717, 1.165) is 12.1 Å². The van der Waals surface area contributed by atoms with Crippen LogP contribution in [0.5, 0.6) is 0 Å². The molecule has 0 radical (unpaired) electrons. The zero-order valence-electron chi connectivity index (χ0n) is 12.5. The van der Waals surface area contributed by atoms with Gasteiger partial charge in [0.1, 0.15) is 0 Å². The summed E-state index contributed by atoms with van der Waals surface area (Å²) in [5, 5.41) is 3.44. The molecule has 4 nitrogen and oxygen atoms in total. The van der Waals surface area contributed by atoms with Gasteiger partial charge in [0.25, 0.3) is 0 Å². The Bertz CT molecular complexity index is 277. The smallest absolute Gasteiger partial charge is 0.0224 e. The molecule has 1 N–H and O–H groups in total. The predicted molar refractivity (Wildman–Crippen MR) is 79.6 cm³/mol. The van der Waals surface area contributed by atoms with Gasteiger partial charge in [-0.25, -0.2) is 0 Å². The molecule has 0 spiro atoms. The van der Waals surface area contributed by atoms with E-state index in [-0.39, 0.29) is 0 Å². The first-order valence-corrected chi connectivity index (χ1v) is 8.24. The first kappa shape index (κ1) is 13.8. The van der Waals surface area contributed by atoms with Gasteiger partial charge in [-0.05, 0) is 39.3 Å². The molecule has 3 saturated heterocycles. The third-order valence-electron chi connectivity index (χ3n) is 5.31. The Morgan fingerprint density at radius 1 is 1.11 bits per heavy atom. The largest absolute Gasteiger partial charge is 0.314 e. The van der Waals surface area contributed by atoms with Crippen LogP contribution in [-0.2, 0) is 0 Å². The van der Waals surface area contributed by atoms with Crippen LogP contribution in [0.1, 0.15) is 26.2 Å². The summed E-state index contributed by atoms with van der Waals surface area (Å²) < 4.78 is 0. The molecule has 3 aliphatic rings. The molecule has 0 aromatic rings. The molecule has 0 bridgehead atoms. The fraction of sp³-hybridized carbons (Fsp3) is 1.00. The fourth-order valence-corrected chi connectivity index (χ4v) is 3.93. The standard InChI is InChI=1S/C15H30N4/c1-14(18-9-5-16-6-10-18)4-8-17-11-12-19-7-2-3-15(19)13-17/h14-16H,2-13H2,1H3. The van der Waals surface area contributed by atoms with Gasteiger partial charge >= 0.3 is 0 Å². The van der Waals surface area contributed by atoms with Crippen LogP contribution in [0.25, 0.3) is 0 Å². The Balaban J connectivity index is 1.39. The minimum Gasteiger partial charge on any atom is -0.314 e. The monoisotopic (exact) mass is 266 g/mol. The lowest BCUT2D eigenvalue weighted by molar-refractivity contribution is 0.0912. The maximum atomic E-state index is 3.44. The Kier molecular flexibility index (Phi) is 4.74. The molecular formula is C15H30N4. The highest BCUT2D eigenvalue weighted by atomic mass is 15.3. The van der Waals surface area contributed by atoms with Crippen LogP contribution in [0.15, 0.2) is 0 Å². The van der Waals surface area contributed by atoms with Crippen LogP contribution in [0.3, 0.4) is 0 Å². The van der Waals surface area contributed by atoms with Crippen LogP contribution >= 0.6 is 0 Å². The number of piperazine rings is 2. The summed E-state index contributed by atoms with van der Waals surface area (Å²) >= 11 is 0. The number of hydrogen-bond acceptors (Lipinski definition) is 4. The maximum Gasteiger partial charge on any atom is 0.0224 e. The topological polar surface area (TPSA) is 21.8 Å². The maximum absolute atomic E-state index is 3.44. The molecule has 2 unspecified atom stereocenters. The number of nitrogens with one attached hydrogen (secondary N) is 1. The Hall–Kier alpha value is -0.160. The number of fused-ring (bicyclic) bond motifs is 1. The van der Waals surface area contributed by atoms with Gasteiger partial charge in [-0.3, -0.25) is 9.80 Å². The second-order valence-electron chi connectivity index (χ2n) is 6.56. The fourth-order valence-electron chi connectivity index (χ4n) is 3.93. The molecule has 0 saturated carbocycles. The SMILES string of the molecule is CC(CCN1CCN2CCCC2C1)N1CCNCC1. The lowest BCUT2D eigenvalue weighted by Crippen LogP contribution is -2.52. The zero-order chi connectivity index (χ0) is 13.1. The average molecular weight is 266 g/mol. The molecule has 0 aliphatic carbocycles. The quantitative estimate of drug-likeness (QED) is 0.797. The van der Waals surface area contributed by atoms with Crippen molar-refractivity contribution in [2.45, 2.75) is 38.3 Å². The van der Waals surface area contributed by atoms with Crippen molar-refractivity contribution >= 4 is 0 Å². The molecule has 3 heterocycles. The highest BCUT2D eigenvalue weighted by molar-refractivity contribution is 4.87. The lowest BCUT2D eigenvalue weighted by atomic mass is 10.1. The van der Waals surface area contributed by atoms with Crippen molar-refractivity contribution in [3.63, 3.8) is 0 Å². The van der Waals surface area contributed by atoms with Crippen LogP contribution < -0.4 is 5.32 Å². The number of hydrogen-bond donors (Lipinski definition) is 1. The van der Waals surface area contributed by atoms with Crippen LogP contribution in [-0.4, -0.2) is 85.7 Å². The molecule has 19 heavy (non-hydrogen) atoms. The molecule has 2 atom stereocenters. The molecule has 3 fully saturated rings. The second kappa shape index (κ2) is 6.53. The van der Waals surface area contributed by atoms with Gasteiger partial charge in [-0.1, -0.05) is 0 Å². The molecule has 4 heteroatoms. The van der Waals surface area contributed by atoms with Gasteiger partial charge in [-0.2, -0.15) is 0 Å². The van der Waals surface area contributed by atoms with Crippen molar-refractivity contribution in [3.05, 3.63) is 0 Å². The highest BCUT2D eigenvalue weighted by Crippen LogP contribution is 2.21. The normalized spacial score (nSPS) is 32.4. The van der Waals surface area contributed by atoms with Gasteiger partial charge in [-0.15, -0.1) is 0 Å². The van der Waals surface area contributed by atoms with Crippen LogP contribution in [0.2, 0.25) is 0 Å². The third kappa shape index (κ3) is 3.48. The lowest BCUT2D eigenvalue weighted by Gasteiger charge is -2.39. The first-order chi connectivity index (χ1) is 9.33. The third-order valence-corrected chi connectivity index (χ3v) is 5.31. The van der Waals surface area contributed by atoms with E-state index >= 15 is 0 Å². The van der Waals surface area contributed by atoms with Crippen molar-refractivity contribution in [2.75, 3.05) is 58.9 Å². The van der Waals surface area contributed by atoms with Gasteiger partial charge < -0.3 is 10.2 Å². The Labute approximate surface area is 118 Å². The first-order valence-electron chi connectivity index (χ1n) is 8.24. The summed E-state index contributed by atoms with van der Waals surface area (Å²) in [6.07, 6.45) is 4.20. The van der Waals surface area contributed by atoms with E-state index in [9.17, 15) is 0 Å². The zero-order valence-corrected chi connectivity index (χ0v) is 12.5. The summed E-state index contributed by atoms with van der Waals surface area (Å²) in [4.78, 5) is 8.07. The second-order valence-corrected chi connectivity index (χ2v) is 6.56. The number of nitrogens with zero attached hydrogens (tertiary/aromatic N) is 3. The summed E-state index contributed by atoms with van der Waals surface area (Å²) in [5.41, 5.74) is 0. The molecule has 3 aliphatic heterocycles. The molecule has 3 rings (SSSR count). The van der Waals surface area contributed by atoms with Crippen LogP contribution in [0.4, 0.5) is 0 Å². The Morgan fingerprint density at radius 3 is 2.79 bits per heavy atom.